The van der Waals surface area contributed by atoms with Crippen molar-refractivity contribution in [1.82, 2.24) is 29.7 Å². The van der Waals surface area contributed by atoms with Crippen molar-refractivity contribution >= 4 is 11.0 Å². The molecule has 1 N–H and O–H groups in total. The van der Waals surface area contributed by atoms with Crippen LogP contribution in [-0.2, 0) is 12.6 Å². The molecule has 11 heteroatoms. The summed E-state index contributed by atoms with van der Waals surface area (Å²) in [5.74, 6) is 1.22. The van der Waals surface area contributed by atoms with Crippen molar-refractivity contribution in [3.63, 3.8) is 0 Å². The van der Waals surface area contributed by atoms with Crippen LogP contribution in [0.4, 0.5) is 13.2 Å². The minimum absolute atomic E-state index is 0.180. The number of halogens is 3. The molecule has 4 aromatic rings. The first-order valence-corrected chi connectivity index (χ1v) is 11.3. The van der Waals surface area contributed by atoms with Crippen LogP contribution in [-0.4, -0.2) is 36.8 Å². The number of ether oxygens (including phenoxy) is 1. The number of nitrogens with one attached hydrogen (secondary N) is 1. The van der Waals surface area contributed by atoms with E-state index in [-0.39, 0.29) is 17.9 Å². The zero-order valence-corrected chi connectivity index (χ0v) is 19.1. The lowest BCUT2D eigenvalue weighted by Gasteiger charge is -2.17. The van der Waals surface area contributed by atoms with Gasteiger partial charge in [-0.3, -0.25) is 14.8 Å². The Morgan fingerprint density at radius 3 is 2.54 bits per heavy atom. The highest BCUT2D eigenvalue weighted by Crippen LogP contribution is 2.42. The van der Waals surface area contributed by atoms with Crippen LogP contribution in [0.25, 0.3) is 11.0 Å². The number of nitrogens with zero attached hydrogens (tertiary/aromatic N) is 5. The van der Waals surface area contributed by atoms with Crippen LogP contribution in [0.15, 0.2) is 41.5 Å². The molecule has 35 heavy (non-hydrogen) atoms. The SMILES string of the molecule is CC[C@@H](c1ccc(C(F)(F)F)nc1)n1nc(C2CC2)c2c(=O)[nH]c(Cc3ccc(OC)cn3)nc21. The van der Waals surface area contributed by atoms with E-state index >= 15 is 0 Å². The number of H-pyrrole nitrogens is 1. The van der Waals surface area contributed by atoms with Gasteiger partial charge in [-0.2, -0.15) is 18.3 Å². The maximum Gasteiger partial charge on any atom is 0.433 e. The molecule has 8 nitrogen and oxygen atoms in total. The topological polar surface area (TPSA) is 98.6 Å². The monoisotopic (exact) mass is 484 g/mol. The molecule has 4 heterocycles. The first-order chi connectivity index (χ1) is 16.8. The van der Waals surface area contributed by atoms with E-state index in [9.17, 15) is 18.0 Å². The summed E-state index contributed by atoms with van der Waals surface area (Å²) in [5, 5.41) is 5.18. The summed E-state index contributed by atoms with van der Waals surface area (Å²) in [6.45, 7) is 1.90. The number of hydrogen-bond donors (Lipinski definition) is 1. The van der Waals surface area contributed by atoms with Crippen LogP contribution in [0.3, 0.4) is 0 Å². The Bertz CT molecular complexity index is 1410. The summed E-state index contributed by atoms with van der Waals surface area (Å²) in [6.07, 6.45) is 0.971. The molecule has 1 saturated carbocycles. The van der Waals surface area contributed by atoms with Gasteiger partial charge in [0.05, 0.1) is 25.0 Å². The highest BCUT2D eigenvalue weighted by atomic mass is 19.4. The molecule has 0 aliphatic heterocycles. The number of pyridine rings is 2. The van der Waals surface area contributed by atoms with Crippen molar-refractivity contribution in [1.29, 1.82) is 0 Å². The van der Waals surface area contributed by atoms with Gasteiger partial charge < -0.3 is 9.72 Å². The Hall–Kier alpha value is -3.76. The Kier molecular flexibility index (Phi) is 5.78. The van der Waals surface area contributed by atoms with Gasteiger partial charge in [-0.15, -0.1) is 0 Å². The lowest BCUT2D eigenvalue weighted by atomic mass is 10.1. The molecular weight excluding hydrogens is 461 g/mol. The molecule has 0 saturated heterocycles. The van der Waals surface area contributed by atoms with E-state index in [1.165, 1.54) is 12.3 Å². The molecule has 0 bridgehead atoms. The normalized spacial score (nSPS) is 14.9. The van der Waals surface area contributed by atoms with E-state index in [2.05, 4.69) is 15.0 Å². The van der Waals surface area contributed by atoms with Crippen molar-refractivity contribution in [2.75, 3.05) is 7.11 Å². The fourth-order valence-electron chi connectivity index (χ4n) is 4.19. The average molecular weight is 484 g/mol. The largest absolute Gasteiger partial charge is 0.495 e. The predicted octanol–water partition coefficient (Wildman–Crippen LogP) is 4.40. The smallest absolute Gasteiger partial charge is 0.433 e. The minimum Gasteiger partial charge on any atom is -0.495 e. The summed E-state index contributed by atoms with van der Waals surface area (Å²) in [6, 6.07) is 5.51. The zero-order chi connectivity index (χ0) is 24.7. The van der Waals surface area contributed by atoms with E-state index in [1.807, 2.05) is 6.92 Å². The van der Waals surface area contributed by atoms with Crippen molar-refractivity contribution in [2.24, 2.45) is 0 Å². The van der Waals surface area contributed by atoms with Crippen LogP contribution < -0.4 is 10.3 Å². The van der Waals surface area contributed by atoms with E-state index in [4.69, 9.17) is 14.8 Å². The number of methoxy groups -OCH3 is 1. The molecule has 1 aliphatic carbocycles. The molecule has 5 rings (SSSR count). The molecule has 1 atom stereocenters. The fourth-order valence-corrected chi connectivity index (χ4v) is 4.19. The molecule has 0 aromatic carbocycles. The second-order valence-corrected chi connectivity index (χ2v) is 8.58. The second-order valence-electron chi connectivity index (χ2n) is 8.58. The molecule has 1 fully saturated rings. The summed E-state index contributed by atoms with van der Waals surface area (Å²) in [5.41, 5.74) is 1.11. The van der Waals surface area contributed by atoms with Crippen molar-refractivity contribution in [3.05, 3.63) is 75.5 Å². The number of aromatic amines is 1. The number of rotatable bonds is 7. The van der Waals surface area contributed by atoms with Crippen molar-refractivity contribution < 1.29 is 17.9 Å². The van der Waals surface area contributed by atoms with Crippen LogP contribution in [0, 0.1) is 0 Å². The Morgan fingerprint density at radius 1 is 1.17 bits per heavy atom. The first-order valence-electron chi connectivity index (χ1n) is 11.3. The average Bonchev–Trinajstić information content (AvgIpc) is 3.61. The number of alkyl halides is 3. The fraction of sp³-hybridized carbons (Fsp3) is 0.375. The molecule has 1 aliphatic rings. The van der Waals surface area contributed by atoms with E-state index in [0.29, 0.717) is 46.0 Å². The molecule has 182 valence electrons. The van der Waals surface area contributed by atoms with Gasteiger partial charge in [0.2, 0.25) is 0 Å². The zero-order valence-electron chi connectivity index (χ0n) is 19.1. The summed E-state index contributed by atoms with van der Waals surface area (Å²) in [4.78, 5) is 28.7. The minimum atomic E-state index is -4.52. The third-order valence-electron chi connectivity index (χ3n) is 6.13. The standard InChI is InChI=1S/C24H23F3N6O2/c1-3-17(14-6-9-18(29-11-14)24(25,26)27)33-22-20(21(32-33)13-4-5-13)23(34)31-19(30-22)10-15-7-8-16(35-2)12-28-15/h6-9,11-13,17H,3-5,10H2,1-2H3,(H,30,31,34)/t17-/m0/s1. The molecule has 0 spiro atoms. The molecular formula is C24H23F3N6O2. The summed E-state index contributed by atoms with van der Waals surface area (Å²) in [7, 11) is 1.55. The van der Waals surface area contributed by atoms with Crippen LogP contribution in [0.1, 0.15) is 66.6 Å². The molecule has 0 unspecified atom stereocenters. The van der Waals surface area contributed by atoms with E-state index in [0.717, 1.165) is 18.9 Å². The Balaban J connectivity index is 1.58. The molecule has 0 amide bonds. The highest BCUT2D eigenvalue weighted by molar-refractivity contribution is 5.78. The third-order valence-corrected chi connectivity index (χ3v) is 6.13. The van der Waals surface area contributed by atoms with Crippen LogP contribution >= 0.6 is 0 Å². The van der Waals surface area contributed by atoms with E-state index in [1.54, 1.807) is 30.1 Å². The van der Waals surface area contributed by atoms with Crippen LogP contribution in [0.5, 0.6) is 5.75 Å². The lowest BCUT2D eigenvalue weighted by Crippen LogP contribution is -2.17. The number of fused-ring (bicyclic) bond motifs is 1. The van der Waals surface area contributed by atoms with Gasteiger partial charge in [-0.05, 0) is 43.0 Å². The van der Waals surface area contributed by atoms with E-state index < -0.39 is 17.9 Å². The second kappa shape index (κ2) is 8.79. The first kappa shape index (κ1) is 23.0. The van der Waals surface area contributed by atoms with Gasteiger partial charge in [0.15, 0.2) is 5.65 Å². The maximum absolute atomic E-state index is 13.1. The van der Waals surface area contributed by atoms with Gasteiger partial charge in [0.1, 0.15) is 22.7 Å². The van der Waals surface area contributed by atoms with Crippen LogP contribution in [0.2, 0.25) is 0 Å². The van der Waals surface area contributed by atoms with Gasteiger partial charge in [-0.25, -0.2) is 9.67 Å². The van der Waals surface area contributed by atoms with Gasteiger partial charge >= 0.3 is 6.18 Å². The van der Waals surface area contributed by atoms with Crippen molar-refractivity contribution in [2.45, 2.75) is 50.7 Å². The van der Waals surface area contributed by atoms with Gasteiger partial charge in [0, 0.05) is 24.2 Å². The third kappa shape index (κ3) is 4.50. The Labute approximate surface area is 198 Å². The molecule has 0 radical (unpaired) electrons. The quantitative estimate of drug-likeness (QED) is 0.417. The lowest BCUT2D eigenvalue weighted by molar-refractivity contribution is -0.141. The predicted molar refractivity (Wildman–Crippen MR) is 121 cm³/mol. The number of hydrogen-bond acceptors (Lipinski definition) is 6. The number of aromatic nitrogens is 6. The summed E-state index contributed by atoms with van der Waals surface area (Å²) < 4.78 is 45.8. The van der Waals surface area contributed by atoms with Crippen molar-refractivity contribution in [3.8, 4) is 5.75 Å². The summed E-state index contributed by atoms with van der Waals surface area (Å²) >= 11 is 0. The Morgan fingerprint density at radius 2 is 1.97 bits per heavy atom. The maximum atomic E-state index is 13.1. The highest BCUT2D eigenvalue weighted by Gasteiger charge is 2.34. The van der Waals surface area contributed by atoms with Gasteiger partial charge in [-0.1, -0.05) is 13.0 Å². The van der Waals surface area contributed by atoms with Gasteiger partial charge in [0.25, 0.3) is 5.56 Å². The molecule has 4 aromatic heterocycles.